The second-order valence-electron chi connectivity index (χ2n) is 2.93. The Morgan fingerprint density at radius 2 is 2.20 bits per heavy atom. The summed E-state index contributed by atoms with van der Waals surface area (Å²) in [5.74, 6) is 0.870. The van der Waals surface area contributed by atoms with Crippen LogP contribution in [0.5, 0.6) is 0 Å². The van der Waals surface area contributed by atoms with Crippen LogP contribution >= 0.6 is 0 Å². The summed E-state index contributed by atoms with van der Waals surface area (Å²) in [5.41, 5.74) is 1.28. The first kappa shape index (κ1) is 7.39. The van der Waals surface area contributed by atoms with Crippen molar-refractivity contribution >= 4 is 0 Å². The van der Waals surface area contributed by atoms with Gasteiger partial charge < -0.3 is 4.90 Å². The minimum absolute atomic E-state index is 0.870. The quantitative estimate of drug-likeness (QED) is 0.526. The van der Waals surface area contributed by atoms with Gasteiger partial charge in [-0.15, -0.1) is 0 Å². The molecule has 0 aromatic carbocycles. The Bertz CT molecular complexity index is 152. The van der Waals surface area contributed by atoms with Crippen molar-refractivity contribution in [3.05, 3.63) is 24.4 Å². The maximum Gasteiger partial charge on any atom is 0.0317 e. The van der Waals surface area contributed by atoms with Crippen LogP contribution in [0, 0.1) is 5.92 Å². The molecular weight excluding hydrogens is 122 g/mol. The maximum atomic E-state index is 3.75. The van der Waals surface area contributed by atoms with Crippen molar-refractivity contribution in [2.75, 3.05) is 13.1 Å². The van der Waals surface area contributed by atoms with E-state index in [1.807, 2.05) is 6.08 Å². The fourth-order valence-electron chi connectivity index (χ4n) is 1.34. The van der Waals surface area contributed by atoms with E-state index < -0.39 is 0 Å². The number of likely N-dealkylation sites (tertiary alicyclic amines) is 1. The van der Waals surface area contributed by atoms with Crippen molar-refractivity contribution in [1.29, 1.82) is 0 Å². The first-order valence-electron chi connectivity index (χ1n) is 3.81. The predicted octanol–water partition coefficient (Wildman–Crippen LogP) is 2.03. The summed E-state index contributed by atoms with van der Waals surface area (Å²) in [6.45, 7) is 10.5. The van der Waals surface area contributed by atoms with Crippen LogP contribution in [-0.2, 0) is 0 Å². The van der Waals surface area contributed by atoms with E-state index in [1.54, 1.807) is 0 Å². The third-order valence-corrected chi connectivity index (χ3v) is 1.93. The summed E-state index contributed by atoms with van der Waals surface area (Å²) in [7, 11) is 0. The first-order valence-corrected chi connectivity index (χ1v) is 3.81. The molecule has 1 aliphatic heterocycles. The van der Waals surface area contributed by atoms with E-state index in [-0.39, 0.29) is 0 Å². The molecule has 0 bridgehead atoms. The van der Waals surface area contributed by atoms with Gasteiger partial charge in [-0.1, -0.05) is 19.6 Å². The Labute approximate surface area is 63.0 Å². The first-order chi connectivity index (χ1) is 4.77. The van der Waals surface area contributed by atoms with E-state index in [2.05, 4.69) is 31.4 Å². The number of allylic oxidation sites excluding steroid dienone is 2. The van der Waals surface area contributed by atoms with Gasteiger partial charge in [0.25, 0.3) is 0 Å². The zero-order valence-electron chi connectivity index (χ0n) is 6.80. The molecule has 1 nitrogen and oxygen atoms in total. The molecule has 1 fully saturated rings. The lowest BCUT2D eigenvalue weighted by Crippen LogP contribution is -2.43. The molecule has 1 heterocycles. The van der Waals surface area contributed by atoms with Crippen molar-refractivity contribution in [3.8, 4) is 0 Å². The Hall–Kier alpha value is -0.720. The molecule has 0 aromatic heterocycles. The van der Waals surface area contributed by atoms with Crippen LogP contribution in [-0.4, -0.2) is 18.0 Å². The molecule has 0 unspecified atom stereocenters. The molecule has 1 saturated heterocycles. The molecule has 56 valence electrons. The summed E-state index contributed by atoms with van der Waals surface area (Å²) in [6, 6.07) is 0. The van der Waals surface area contributed by atoms with Gasteiger partial charge in [-0.05, 0) is 18.9 Å². The lowest BCUT2D eigenvalue weighted by molar-refractivity contribution is 0.163. The molecule has 0 amide bonds. The lowest BCUT2D eigenvalue weighted by Gasteiger charge is -2.39. The zero-order chi connectivity index (χ0) is 7.56. The van der Waals surface area contributed by atoms with Crippen LogP contribution in [0.3, 0.4) is 0 Å². The average molecular weight is 137 g/mol. The van der Waals surface area contributed by atoms with Gasteiger partial charge >= 0.3 is 0 Å². The summed E-state index contributed by atoms with van der Waals surface area (Å²) in [4.78, 5) is 2.34. The maximum absolute atomic E-state index is 3.75. The number of hydrogen-bond acceptors (Lipinski definition) is 1. The second-order valence-corrected chi connectivity index (χ2v) is 2.93. The van der Waals surface area contributed by atoms with Crippen LogP contribution in [0.4, 0.5) is 0 Å². The molecule has 0 aliphatic carbocycles. The van der Waals surface area contributed by atoms with Gasteiger partial charge in [0.1, 0.15) is 0 Å². The highest BCUT2D eigenvalue weighted by Crippen LogP contribution is 2.20. The van der Waals surface area contributed by atoms with Crippen LogP contribution in [0.1, 0.15) is 13.8 Å². The van der Waals surface area contributed by atoms with Crippen LogP contribution in [0.25, 0.3) is 0 Å². The highest BCUT2D eigenvalue weighted by molar-refractivity contribution is 5.16. The van der Waals surface area contributed by atoms with Crippen molar-refractivity contribution in [3.63, 3.8) is 0 Å². The fraction of sp³-hybridized carbons (Fsp3) is 0.556. The fourth-order valence-corrected chi connectivity index (χ4v) is 1.34. The van der Waals surface area contributed by atoms with E-state index >= 15 is 0 Å². The van der Waals surface area contributed by atoms with E-state index in [1.165, 1.54) is 18.8 Å². The zero-order valence-corrected chi connectivity index (χ0v) is 6.80. The van der Waals surface area contributed by atoms with E-state index in [9.17, 15) is 0 Å². The molecule has 1 aliphatic rings. The molecule has 0 radical (unpaired) electrons. The highest BCUT2D eigenvalue weighted by Gasteiger charge is 2.22. The Morgan fingerprint density at radius 1 is 1.60 bits per heavy atom. The summed E-state index contributed by atoms with van der Waals surface area (Å²) in [5, 5.41) is 0. The topological polar surface area (TPSA) is 3.24 Å². The minimum Gasteiger partial charge on any atom is -0.371 e. The number of hydrogen-bond donors (Lipinski definition) is 0. The largest absolute Gasteiger partial charge is 0.371 e. The summed E-state index contributed by atoms with van der Waals surface area (Å²) < 4.78 is 0. The third kappa shape index (κ3) is 1.23. The third-order valence-electron chi connectivity index (χ3n) is 1.93. The van der Waals surface area contributed by atoms with E-state index in [4.69, 9.17) is 0 Å². The normalized spacial score (nSPS) is 20.6. The Kier molecular flexibility index (Phi) is 2.15. The molecule has 0 aromatic rings. The van der Waals surface area contributed by atoms with Gasteiger partial charge in [-0.25, -0.2) is 0 Å². The second kappa shape index (κ2) is 2.91. The van der Waals surface area contributed by atoms with E-state index in [0.29, 0.717) is 0 Å². The Morgan fingerprint density at radius 3 is 2.50 bits per heavy atom. The molecular formula is C9H15N. The smallest absolute Gasteiger partial charge is 0.0317 e. The number of nitrogens with zero attached hydrogens (tertiary/aromatic N) is 1. The van der Waals surface area contributed by atoms with Gasteiger partial charge in [0, 0.05) is 18.8 Å². The summed E-state index contributed by atoms with van der Waals surface area (Å²) in [6.07, 6.45) is 4.03. The molecule has 10 heavy (non-hydrogen) atoms. The van der Waals surface area contributed by atoms with Gasteiger partial charge in [0.05, 0.1) is 0 Å². The van der Waals surface area contributed by atoms with Crippen molar-refractivity contribution in [1.82, 2.24) is 4.90 Å². The average Bonchev–Trinajstić information content (AvgIpc) is 1.87. The van der Waals surface area contributed by atoms with Crippen molar-refractivity contribution < 1.29 is 0 Å². The van der Waals surface area contributed by atoms with Crippen LogP contribution in [0.2, 0.25) is 0 Å². The molecule has 0 atom stereocenters. The standard InChI is InChI=1S/C9H15N/c1-4-9(5-2)10-6-8(3)7-10/h4-5,8H,1,6-7H2,2-3H3/b9-5-. The molecule has 0 N–H and O–H groups in total. The van der Waals surface area contributed by atoms with E-state index in [0.717, 1.165) is 5.92 Å². The molecule has 0 saturated carbocycles. The predicted molar refractivity (Wildman–Crippen MR) is 44.7 cm³/mol. The highest BCUT2D eigenvalue weighted by atomic mass is 15.2. The number of rotatable bonds is 2. The Balaban J connectivity index is 2.43. The molecule has 1 rings (SSSR count). The van der Waals surface area contributed by atoms with Gasteiger partial charge in [-0.2, -0.15) is 0 Å². The lowest BCUT2D eigenvalue weighted by atomic mass is 10.0. The summed E-state index contributed by atoms with van der Waals surface area (Å²) >= 11 is 0. The van der Waals surface area contributed by atoms with Gasteiger partial charge in [0.15, 0.2) is 0 Å². The minimum atomic E-state index is 0.870. The SMILES string of the molecule is C=C/C(=C/C)N1CC(C)C1. The van der Waals surface area contributed by atoms with Crippen molar-refractivity contribution in [2.24, 2.45) is 5.92 Å². The van der Waals surface area contributed by atoms with Gasteiger partial charge in [0.2, 0.25) is 0 Å². The van der Waals surface area contributed by atoms with Crippen LogP contribution < -0.4 is 0 Å². The molecule has 1 heteroatoms. The molecule has 0 spiro atoms. The van der Waals surface area contributed by atoms with Crippen LogP contribution in [0.15, 0.2) is 24.4 Å². The van der Waals surface area contributed by atoms with Crippen molar-refractivity contribution in [2.45, 2.75) is 13.8 Å². The monoisotopic (exact) mass is 137 g/mol. The van der Waals surface area contributed by atoms with Gasteiger partial charge in [-0.3, -0.25) is 0 Å².